The molecule has 2 radical (unpaired) electrons. The zero-order valence-electron chi connectivity index (χ0n) is 9.46. The predicted octanol–water partition coefficient (Wildman–Crippen LogP) is 3.66. The van der Waals surface area contributed by atoms with Crippen molar-refractivity contribution in [3.63, 3.8) is 0 Å². The summed E-state index contributed by atoms with van der Waals surface area (Å²) in [6.07, 6.45) is 0. The Kier molecular flexibility index (Phi) is 5.03. The second-order valence-corrected chi connectivity index (χ2v) is 14.5. The Hall–Kier alpha value is 0.0457. The van der Waals surface area contributed by atoms with Crippen LogP contribution in [-0.2, 0) is 0 Å². The van der Waals surface area contributed by atoms with E-state index in [1.807, 2.05) is 0 Å². The number of hydrogen-bond acceptors (Lipinski definition) is 0. The molecule has 0 heterocycles. The zero-order chi connectivity index (χ0) is 10.6. The van der Waals surface area contributed by atoms with Gasteiger partial charge in [-0.25, -0.2) is 0 Å². The van der Waals surface area contributed by atoms with E-state index in [1.165, 1.54) is 5.56 Å². The molecule has 0 aliphatic heterocycles. The Morgan fingerprint density at radius 2 is 1.57 bits per heavy atom. The van der Waals surface area contributed by atoms with Gasteiger partial charge in [0.2, 0.25) is 0 Å². The van der Waals surface area contributed by atoms with Crippen molar-refractivity contribution in [1.29, 1.82) is 0 Å². The molecule has 0 aliphatic carbocycles. The maximum absolute atomic E-state index is 2.60. The predicted molar refractivity (Wildman–Crippen MR) is 69.4 cm³/mol. The van der Waals surface area contributed by atoms with E-state index in [0.717, 1.165) is 0 Å². The fraction of sp³-hybridized carbons (Fsp3) is 0.333. The molecule has 0 atom stereocenters. The van der Waals surface area contributed by atoms with Gasteiger partial charge in [-0.15, -0.1) is 0 Å². The van der Waals surface area contributed by atoms with Gasteiger partial charge in [0.1, 0.15) is 0 Å². The quantitative estimate of drug-likeness (QED) is 0.748. The Bertz CT molecular complexity index is 299. The minimum atomic E-state index is -0.926. The van der Waals surface area contributed by atoms with E-state index in [2.05, 4.69) is 58.3 Å². The molecule has 2 heteroatoms. The molecular formula is C12H18Ge2. The molecule has 0 fully saturated rings. The van der Waals surface area contributed by atoms with E-state index in [0.29, 0.717) is 0 Å². The standard InChI is InChI=1S/C12H18Ge2/c1-13(2)10-12(14(3)4)11-8-6-5-7-9-11/h5-10H,1-4H3/b12-10-. The van der Waals surface area contributed by atoms with Gasteiger partial charge in [0.15, 0.2) is 0 Å². The molecule has 0 aromatic heterocycles. The van der Waals surface area contributed by atoms with Crippen LogP contribution in [0.3, 0.4) is 0 Å². The van der Waals surface area contributed by atoms with Gasteiger partial charge in [-0.3, -0.25) is 0 Å². The second-order valence-electron chi connectivity index (χ2n) is 4.00. The van der Waals surface area contributed by atoms with E-state index in [9.17, 15) is 0 Å². The molecule has 0 spiro atoms. The molecule has 14 heavy (non-hydrogen) atoms. The van der Waals surface area contributed by atoms with Crippen LogP contribution in [0.2, 0.25) is 23.0 Å². The molecular weight excluding hydrogens is 289 g/mol. The van der Waals surface area contributed by atoms with Crippen molar-refractivity contribution in [3.05, 3.63) is 40.8 Å². The van der Waals surface area contributed by atoms with Crippen LogP contribution < -0.4 is 0 Å². The zero-order valence-corrected chi connectivity index (χ0v) is 13.7. The van der Waals surface area contributed by atoms with E-state index in [-0.39, 0.29) is 0 Å². The van der Waals surface area contributed by atoms with Gasteiger partial charge in [0.25, 0.3) is 0 Å². The van der Waals surface area contributed by atoms with E-state index in [4.69, 9.17) is 0 Å². The molecule has 74 valence electrons. The SMILES string of the molecule is [CH3][Ge]([CH3])/[CH]=[C](/c1ccccc1)[Ge]([CH3])[CH3]. The molecule has 0 saturated carbocycles. The molecule has 0 N–H and O–H groups in total. The van der Waals surface area contributed by atoms with Crippen LogP contribution in [0.15, 0.2) is 35.2 Å². The molecule has 1 aromatic rings. The van der Waals surface area contributed by atoms with Crippen molar-refractivity contribution in [3.8, 4) is 0 Å². The summed E-state index contributed by atoms with van der Waals surface area (Å²) in [5.41, 5.74) is 1.47. The summed E-state index contributed by atoms with van der Waals surface area (Å²) in [4.78, 5) is 2.60. The van der Waals surface area contributed by atoms with Gasteiger partial charge in [0.05, 0.1) is 0 Å². The molecule has 1 aromatic carbocycles. The summed E-state index contributed by atoms with van der Waals surface area (Å²) < 4.78 is 1.70. The van der Waals surface area contributed by atoms with Gasteiger partial charge < -0.3 is 0 Å². The van der Waals surface area contributed by atoms with Crippen LogP contribution in [-0.4, -0.2) is 28.7 Å². The molecule has 0 nitrogen and oxygen atoms in total. The second kappa shape index (κ2) is 5.81. The first-order valence-electron chi connectivity index (χ1n) is 4.99. The summed E-state index contributed by atoms with van der Waals surface area (Å²) in [7, 11) is 0. The Labute approximate surface area is 96.6 Å². The average molecular weight is 307 g/mol. The summed E-state index contributed by atoms with van der Waals surface area (Å²) in [5, 5.41) is 0. The molecule has 0 amide bonds. The summed E-state index contributed by atoms with van der Waals surface area (Å²) in [5.74, 6) is 9.73. The van der Waals surface area contributed by atoms with Crippen molar-refractivity contribution in [2.24, 2.45) is 0 Å². The molecule has 1 rings (SSSR count). The third-order valence-electron chi connectivity index (χ3n) is 2.06. The van der Waals surface area contributed by atoms with Crippen molar-refractivity contribution >= 4 is 33.1 Å². The number of benzene rings is 1. The van der Waals surface area contributed by atoms with E-state index >= 15 is 0 Å². The van der Waals surface area contributed by atoms with Crippen LogP contribution in [0.5, 0.6) is 0 Å². The third-order valence-corrected chi connectivity index (χ3v) is 8.31. The molecule has 0 unspecified atom stereocenters. The van der Waals surface area contributed by atoms with Gasteiger partial charge >= 0.3 is 96.9 Å². The van der Waals surface area contributed by atoms with Crippen LogP contribution in [0.4, 0.5) is 0 Å². The molecule has 0 saturated heterocycles. The monoisotopic (exact) mass is 310 g/mol. The molecule has 0 bridgehead atoms. The van der Waals surface area contributed by atoms with Crippen LogP contribution in [0, 0.1) is 0 Å². The van der Waals surface area contributed by atoms with E-state index < -0.39 is 28.7 Å². The topological polar surface area (TPSA) is 0 Å². The maximum atomic E-state index is 2.60. The first kappa shape index (κ1) is 12.1. The summed E-state index contributed by atoms with van der Waals surface area (Å²) >= 11 is -1.75. The van der Waals surface area contributed by atoms with Crippen molar-refractivity contribution < 1.29 is 0 Å². The summed E-state index contributed by atoms with van der Waals surface area (Å²) in [6.45, 7) is 0. The van der Waals surface area contributed by atoms with Gasteiger partial charge in [-0.05, 0) is 0 Å². The number of hydrogen-bond donors (Lipinski definition) is 0. The normalized spacial score (nSPS) is 12.6. The summed E-state index contributed by atoms with van der Waals surface area (Å²) in [6, 6.07) is 10.9. The van der Waals surface area contributed by atoms with Crippen LogP contribution in [0.1, 0.15) is 5.56 Å². The van der Waals surface area contributed by atoms with Crippen LogP contribution in [0.25, 0.3) is 4.41 Å². The Morgan fingerprint density at radius 3 is 2.00 bits per heavy atom. The van der Waals surface area contributed by atoms with Gasteiger partial charge in [0, 0.05) is 0 Å². The Morgan fingerprint density at radius 1 is 1.00 bits per heavy atom. The van der Waals surface area contributed by atoms with Gasteiger partial charge in [-0.1, -0.05) is 0 Å². The van der Waals surface area contributed by atoms with Crippen molar-refractivity contribution in [1.82, 2.24) is 0 Å². The average Bonchev–Trinajstić information content (AvgIpc) is 2.15. The minimum absolute atomic E-state index is 0.822. The fourth-order valence-electron chi connectivity index (χ4n) is 1.42. The molecule has 0 aliphatic rings. The Balaban J connectivity index is 3.01. The third kappa shape index (κ3) is 3.66. The van der Waals surface area contributed by atoms with Crippen LogP contribution >= 0.6 is 0 Å². The van der Waals surface area contributed by atoms with Gasteiger partial charge in [-0.2, -0.15) is 0 Å². The first-order chi connectivity index (χ1) is 6.61. The van der Waals surface area contributed by atoms with Crippen molar-refractivity contribution in [2.75, 3.05) is 0 Å². The van der Waals surface area contributed by atoms with Crippen molar-refractivity contribution in [2.45, 2.75) is 23.0 Å². The van der Waals surface area contributed by atoms with E-state index in [1.54, 1.807) is 4.41 Å². The number of rotatable bonds is 3. The fourth-order valence-corrected chi connectivity index (χ4v) is 11.4. The first-order valence-corrected chi connectivity index (χ1v) is 15.6.